The molecule has 2 N–H and O–H groups in total. The van der Waals surface area contributed by atoms with Gasteiger partial charge in [0.1, 0.15) is 17.7 Å². The van der Waals surface area contributed by atoms with Gasteiger partial charge in [-0.3, -0.25) is 4.79 Å². The summed E-state index contributed by atoms with van der Waals surface area (Å²) in [5, 5.41) is 11.6. The minimum Gasteiger partial charge on any atom is -0.378 e. The van der Waals surface area contributed by atoms with Crippen molar-refractivity contribution in [3.05, 3.63) is 41.5 Å². The number of carbonyl (C=O) groups excluding carboxylic acids is 1. The number of nitrogens with two attached hydrogens (primary N) is 1. The summed E-state index contributed by atoms with van der Waals surface area (Å²) in [5.41, 5.74) is 6.35. The number of benzene rings is 1. The molecule has 1 aromatic heterocycles. The molecule has 8 nitrogen and oxygen atoms in total. The molecule has 0 spiro atoms. The molecule has 0 bridgehead atoms. The van der Waals surface area contributed by atoms with Crippen LogP contribution in [0.2, 0.25) is 0 Å². The molecule has 1 amide bonds. The van der Waals surface area contributed by atoms with Crippen molar-refractivity contribution in [2.45, 2.75) is 44.8 Å². The van der Waals surface area contributed by atoms with Crippen LogP contribution in [0.15, 0.2) is 24.3 Å². The van der Waals surface area contributed by atoms with Gasteiger partial charge in [-0.25, -0.2) is 9.07 Å². The van der Waals surface area contributed by atoms with Crippen molar-refractivity contribution in [1.29, 1.82) is 0 Å². The Labute approximate surface area is 176 Å². The summed E-state index contributed by atoms with van der Waals surface area (Å²) in [6.07, 6.45) is 3.01. The summed E-state index contributed by atoms with van der Waals surface area (Å²) >= 11 is 0. The van der Waals surface area contributed by atoms with Gasteiger partial charge in [0.25, 0.3) is 0 Å². The molecule has 3 rings (SSSR count). The summed E-state index contributed by atoms with van der Waals surface area (Å²) in [6.45, 7) is 4.31. The number of nitrogens with zero attached hydrogens (tertiary/aromatic N) is 5. The van der Waals surface area contributed by atoms with E-state index in [1.165, 1.54) is 12.1 Å². The highest BCUT2D eigenvalue weighted by atomic mass is 35.5. The van der Waals surface area contributed by atoms with Crippen LogP contribution >= 0.6 is 12.4 Å². The van der Waals surface area contributed by atoms with E-state index in [4.69, 9.17) is 10.5 Å². The van der Waals surface area contributed by atoms with E-state index in [0.29, 0.717) is 38.5 Å². The lowest BCUT2D eigenvalue weighted by Crippen LogP contribution is -2.45. The fraction of sp³-hybridized carbons (Fsp3) is 0.579. The minimum atomic E-state index is -0.560. The van der Waals surface area contributed by atoms with E-state index in [0.717, 1.165) is 24.8 Å². The Morgan fingerprint density at radius 3 is 2.59 bits per heavy atom. The number of piperidine rings is 1. The second-order valence-electron chi connectivity index (χ2n) is 7.05. The first kappa shape index (κ1) is 23.2. The summed E-state index contributed by atoms with van der Waals surface area (Å²) in [7, 11) is 0. The molecule has 0 radical (unpaired) electrons. The molecule has 1 saturated heterocycles. The Morgan fingerprint density at radius 2 is 2.00 bits per heavy atom. The van der Waals surface area contributed by atoms with Crippen LogP contribution in [0.3, 0.4) is 0 Å². The second-order valence-corrected chi connectivity index (χ2v) is 7.05. The fourth-order valence-electron chi connectivity index (χ4n) is 3.44. The number of aromatic nitrogens is 4. The van der Waals surface area contributed by atoms with Crippen LogP contribution in [-0.4, -0.2) is 63.4 Å². The maximum Gasteiger partial charge on any atom is 0.247 e. The maximum atomic E-state index is 13.3. The van der Waals surface area contributed by atoms with Gasteiger partial charge in [0.15, 0.2) is 0 Å². The molecule has 1 fully saturated rings. The van der Waals surface area contributed by atoms with Crippen molar-refractivity contribution >= 4 is 18.3 Å². The standard InChI is InChI=1S/C19H27FN6O2.ClH/c1-14-22-23-24-26(14)18(13-15-3-5-16(20)6-4-15)19(27)25-10-7-17(8-11-25)28-12-2-9-21;/h3-6,17-18H,2,7-13,21H2,1H3;1H. The zero-order chi connectivity index (χ0) is 19.9. The molecule has 10 heteroatoms. The Bertz CT molecular complexity index is 764. The third-order valence-corrected chi connectivity index (χ3v) is 5.04. The number of ether oxygens (including phenoxy) is 1. The van der Waals surface area contributed by atoms with Crippen molar-refractivity contribution in [2.24, 2.45) is 5.73 Å². The lowest BCUT2D eigenvalue weighted by Gasteiger charge is -2.34. The molecule has 2 aromatic rings. The van der Waals surface area contributed by atoms with Crippen LogP contribution in [0, 0.1) is 12.7 Å². The van der Waals surface area contributed by atoms with E-state index in [1.807, 2.05) is 4.90 Å². The minimum absolute atomic E-state index is 0. The van der Waals surface area contributed by atoms with Gasteiger partial charge >= 0.3 is 0 Å². The first-order chi connectivity index (χ1) is 13.6. The zero-order valence-electron chi connectivity index (χ0n) is 16.5. The third kappa shape index (κ3) is 6.19. The molecular formula is C19H28ClFN6O2. The van der Waals surface area contributed by atoms with Gasteiger partial charge < -0.3 is 15.4 Å². The molecule has 0 saturated carbocycles. The number of halogens is 2. The monoisotopic (exact) mass is 426 g/mol. The van der Waals surface area contributed by atoms with Gasteiger partial charge in [-0.05, 0) is 60.9 Å². The first-order valence-electron chi connectivity index (χ1n) is 9.68. The normalized spacial score (nSPS) is 15.8. The molecule has 2 heterocycles. The Kier molecular flexibility index (Phi) is 8.94. The molecule has 1 aliphatic rings. The van der Waals surface area contributed by atoms with Crippen LogP contribution in [-0.2, 0) is 16.0 Å². The number of carbonyl (C=O) groups is 1. The van der Waals surface area contributed by atoms with E-state index in [2.05, 4.69) is 15.5 Å². The topological polar surface area (TPSA) is 99.2 Å². The van der Waals surface area contributed by atoms with Gasteiger partial charge in [-0.1, -0.05) is 12.1 Å². The summed E-state index contributed by atoms with van der Waals surface area (Å²) in [5.74, 6) is 0.238. The van der Waals surface area contributed by atoms with Crippen LogP contribution in [0.5, 0.6) is 0 Å². The molecule has 1 aromatic carbocycles. The number of tetrazole rings is 1. The van der Waals surface area contributed by atoms with Crippen molar-refractivity contribution < 1.29 is 13.9 Å². The first-order valence-corrected chi connectivity index (χ1v) is 9.68. The van der Waals surface area contributed by atoms with E-state index >= 15 is 0 Å². The summed E-state index contributed by atoms with van der Waals surface area (Å²) in [6, 6.07) is 5.61. The lowest BCUT2D eigenvalue weighted by atomic mass is 10.0. The highest BCUT2D eigenvalue weighted by molar-refractivity contribution is 5.85. The van der Waals surface area contributed by atoms with Crippen LogP contribution < -0.4 is 5.73 Å². The largest absolute Gasteiger partial charge is 0.378 e. The van der Waals surface area contributed by atoms with Crippen molar-refractivity contribution in [3.8, 4) is 0 Å². The van der Waals surface area contributed by atoms with Crippen molar-refractivity contribution in [3.63, 3.8) is 0 Å². The smallest absolute Gasteiger partial charge is 0.247 e. The summed E-state index contributed by atoms with van der Waals surface area (Å²) in [4.78, 5) is 15.1. The molecule has 1 aliphatic heterocycles. The predicted octanol–water partition coefficient (Wildman–Crippen LogP) is 1.68. The van der Waals surface area contributed by atoms with E-state index in [-0.39, 0.29) is 30.2 Å². The zero-order valence-corrected chi connectivity index (χ0v) is 17.4. The SMILES string of the molecule is Cc1nnnn1C(Cc1ccc(F)cc1)C(=O)N1CCC(OCCCN)CC1.Cl. The van der Waals surface area contributed by atoms with Crippen LogP contribution in [0.25, 0.3) is 0 Å². The Balaban J connectivity index is 0.00000300. The Morgan fingerprint density at radius 1 is 1.31 bits per heavy atom. The lowest BCUT2D eigenvalue weighted by molar-refractivity contribution is -0.137. The van der Waals surface area contributed by atoms with E-state index < -0.39 is 6.04 Å². The van der Waals surface area contributed by atoms with Crippen molar-refractivity contribution in [2.75, 3.05) is 26.2 Å². The maximum absolute atomic E-state index is 13.3. The molecular weight excluding hydrogens is 399 g/mol. The average molecular weight is 427 g/mol. The molecule has 160 valence electrons. The third-order valence-electron chi connectivity index (χ3n) is 5.04. The number of hydrogen-bond acceptors (Lipinski definition) is 6. The van der Waals surface area contributed by atoms with Crippen LogP contribution in [0.1, 0.15) is 36.7 Å². The number of rotatable bonds is 8. The predicted molar refractivity (Wildman–Crippen MR) is 108 cm³/mol. The van der Waals surface area contributed by atoms with Gasteiger partial charge in [-0.2, -0.15) is 0 Å². The second kappa shape index (κ2) is 11.2. The Hall–Kier alpha value is -2.10. The fourth-order valence-corrected chi connectivity index (χ4v) is 3.44. The van der Waals surface area contributed by atoms with E-state index in [1.54, 1.807) is 23.7 Å². The van der Waals surface area contributed by atoms with Crippen molar-refractivity contribution in [1.82, 2.24) is 25.1 Å². The molecule has 29 heavy (non-hydrogen) atoms. The van der Waals surface area contributed by atoms with Gasteiger partial charge in [-0.15, -0.1) is 17.5 Å². The molecule has 1 unspecified atom stereocenters. The van der Waals surface area contributed by atoms with Crippen LogP contribution in [0.4, 0.5) is 4.39 Å². The van der Waals surface area contributed by atoms with Gasteiger partial charge in [0, 0.05) is 26.1 Å². The quantitative estimate of drug-likeness (QED) is 0.645. The van der Waals surface area contributed by atoms with Gasteiger partial charge in [0.05, 0.1) is 6.10 Å². The summed E-state index contributed by atoms with van der Waals surface area (Å²) < 4.78 is 20.6. The number of likely N-dealkylation sites (tertiary alicyclic amines) is 1. The highest BCUT2D eigenvalue weighted by Gasteiger charge is 2.31. The van der Waals surface area contributed by atoms with Gasteiger partial charge in [0.2, 0.25) is 5.91 Å². The molecule has 1 atom stereocenters. The molecule has 0 aliphatic carbocycles. The highest BCUT2D eigenvalue weighted by Crippen LogP contribution is 2.22. The number of amides is 1. The number of hydrogen-bond donors (Lipinski definition) is 1. The van der Waals surface area contributed by atoms with E-state index in [9.17, 15) is 9.18 Å². The average Bonchev–Trinajstić information content (AvgIpc) is 3.13. The number of aryl methyl sites for hydroxylation is 1.